The van der Waals surface area contributed by atoms with Crippen molar-refractivity contribution in [3.05, 3.63) is 6.33 Å². The van der Waals surface area contributed by atoms with Gasteiger partial charge in [-0.2, -0.15) is 16.7 Å². The number of nitrogen functional groups attached to an aromatic ring is 1. The van der Waals surface area contributed by atoms with Gasteiger partial charge in [0.15, 0.2) is 5.82 Å². The highest BCUT2D eigenvalue weighted by Crippen LogP contribution is 2.24. The van der Waals surface area contributed by atoms with Gasteiger partial charge in [0.2, 0.25) is 5.88 Å². The van der Waals surface area contributed by atoms with Crippen molar-refractivity contribution in [2.45, 2.75) is 19.8 Å². The maximum atomic E-state index is 8.66. The molecule has 0 atom stereocenters. The molecule has 1 rings (SSSR count). The Morgan fingerprint density at radius 3 is 3.00 bits per heavy atom. The van der Waals surface area contributed by atoms with Crippen molar-refractivity contribution in [2.75, 3.05) is 42.3 Å². The first kappa shape index (κ1) is 15.8. The van der Waals surface area contributed by atoms with Gasteiger partial charge in [0.1, 0.15) is 12.0 Å². The first-order valence-electron chi connectivity index (χ1n) is 6.45. The molecule has 7 heteroatoms. The molecule has 0 unspecified atom stereocenters. The van der Waals surface area contributed by atoms with Gasteiger partial charge in [-0.3, -0.25) is 0 Å². The topological polar surface area (TPSA) is 93.3 Å². The lowest BCUT2D eigenvalue weighted by Crippen LogP contribution is -2.10. The van der Waals surface area contributed by atoms with Gasteiger partial charge in [0, 0.05) is 18.9 Å². The summed E-state index contributed by atoms with van der Waals surface area (Å²) in [6, 6.07) is 0. The minimum atomic E-state index is 0.247. The molecule has 0 saturated heterocycles. The zero-order chi connectivity index (χ0) is 13.9. The molecule has 0 saturated carbocycles. The third-order valence-corrected chi connectivity index (χ3v) is 3.35. The van der Waals surface area contributed by atoms with Crippen LogP contribution in [0.4, 0.5) is 11.5 Å². The maximum absolute atomic E-state index is 8.66. The molecule has 0 aliphatic heterocycles. The average Bonchev–Trinajstić information content (AvgIpc) is 2.43. The zero-order valence-electron chi connectivity index (χ0n) is 11.3. The number of nitrogens with one attached hydrogen (secondary N) is 1. The van der Waals surface area contributed by atoms with Gasteiger partial charge in [-0.25, -0.2) is 4.98 Å². The number of hydrogen-bond acceptors (Lipinski definition) is 7. The van der Waals surface area contributed by atoms with Crippen molar-refractivity contribution in [3.8, 4) is 5.88 Å². The quantitative estimate of drug-likeness (QED) is 0.559. The summed E-state index contributed by atoms with van der Waals surface area (Å²) in [6.07, 6.45) is 3.19. The molecule has 0 aliphatic carbocycles. The Morgan fingerprint density at radius 1 is 1.42 bits per heavy atom. The van der Waals surface area contributed by atoms with Crippen LogP contribution in [-0.2, 0) is 0 Å². The Morgan fingerprint density at radius 2 is 2.26 bits per heavy atom. The lowest BCUT2D eigenvalue weighted by molar-refractivity contribution is 0.296. The van der Waals surface area contributed by atoms with E-state index in [1.807, 2.05) is 6.92 Å². The maximum Gasteiger partial charge on any atom is 0.242 e. The fourth-order valence-electron chi connectivity index (χ4n) is 1.34. The number of anilines is 2. The summed E-state index contributed by atoms with van der Waals surface area (Å²) in [5.74, 6) is 2.95. The van der Waals surface area contributed by atoms with Crippen LogP contribution < -0.4 is 15.8 Å². The number of nitrogens with zero attached hydrogens (tertiary/aromatic N) is 2. The van der Waals surface area contributed by atoms with E-state index in [-0.39, 0.29) is 6.61 Å². The zero-order valence-corrected chi connectivity index (χ0v) is 12.1. The molecule has 108 valence electrons. The SMILES string of the molecule is CCCOc1ncnc(NCCSCCCO)c1N. The average molecular weight is 286 g/mol. The number of nitrogens with two attached hydrogens (primary N) is 1. The summed E-state index contributed by atoms with van der Waals surface area (Å²) in [7, 11) is 0. The van der Waals surface area contributed by atoms with E-state index in [0.717, 1.165) is 30.9 Å². The summed E-state index contributed by atoms with van der Waals surface area (Å²) in [4.78, 5) is 8.12. The van der Waals surface area contributed by atoms with Crippen molar-refractivity contribution < 1.29 is 9.84 Å². The number of aliphatic hydroxyl groups excluding tert-OH is 1. The Hall–Kier alpha value is -1.21. The van der Waals surface area contributed by atoms with Crippen LogP contribution in [0.1, 0.15) is 19.8 Å². The number of hydrogen-bond donors (Lipinski definition) is 3. The molecule has 0 amide bonds. The van der Waals surface area contributed by atoms with E-state index in [2.05, 4.69) is 15.3 Å². The summed E-state index contributed by atoms with van der Waals surface area (Å²) < 4.78 is 5.44. The summed E-state index contributed by atoms with van der Waals surface area (Å²) >= 11 is 1.78. The van der Waals surface area contributed by atoms with Crippen LogP contribution in [-0.4, -0.2) is 46.3 Å². The first-order chi connectivity index (χ1) is 9.29. The number of aliphatic hydroxyl groups is 1. The predicted molar refractivity (Wildman–Crippen MR) is 79.7 cm³/mol. The van der Waals surface area contributed by atoms with Crippen molar-refractivity contribution in [1.29, 1.82) is 0 Å². The van der Waals surface area contributed by atoms with Crippen LogP contribution in [0.15, 0.2) is 6.33 Å². The van der Waals surface area contributed by atoms with Crippen LogP contribution >= 0.6 is 11.8 Å². The Kier molecular flexibility index (Phi) is 8.08. The van der Waals surface area contributed by atoms with E-state index in [0.29, 0.717) is 24.0 Å². The van der Waals surface area contributed by atoms with Gasteiger partial charge in [-0.05, 0) is 18.6 Å². The molecule has 0 aromatic carbocycles. The highest BCUT2D eigenvalue weighted by Gasteiger charge is 2.08. The predicted octanol–water partition coefficient (Wildman–Crippen LogP) is 1.38. The van der Waals surface area contributed by atoms with Crippen molar-refractivity contribution in [2.24, 2.45) is 0 Å². The molecule has 19 heavy (non-hydrogen) atoms. The molecule has 6 nitrogen and oxygen atoms in total. The third-order valence-electron chi connectivity index (χ3n) is 2.28. The molecular weight excluding hydrogens is 264 g/mol. The molecular formula is C12H22N4O2S. The minimum absolute atomic E-state index is 0.247. The summed E-state index contributed by atoms with van der Waals surface area (Å²) in [5.41, 5.74) is 6.39. The van der Waals surface area contributed by atoms with E-state index in [1.165, 1.54) is 6.33 Å². The fraction of sp³-hybridized carbons (Fsp3) is 0.667. The number of thioether (sulfide) groups is 1. The normalized spacial score (nSPS) is 10.4. The summed E-state index contributed by atoms with van der Waals surface area (Å²) in [6.45, 7) is 3.64. The molecule has 0 bridgehead atoms. The molecule has 0 aliphatic rings. The second kappa shape index (κ2) is 9.69. The highest BCUT2D eigenvalue weighted by molar-refractivity contribution is 7.99. The Bertz CT molecular complexity index is 366. The van der Waals surface area contributed by atoms with Crippen LogP contribution in [0.25, 0.3) is 0 Å². The van der Waals surface area contributed by atoms with Gasteiger partial charge < -0.3 is 20.9 Å². The van der Waals surface area contributed by atoms with E-state index < -0.39 is 0 Å². The molecule has 0 spiro atoms. The van der Waals surface area contributed by atoms with Gasteiger partial charge in [-0.1, -0.05) is 6.92 Å². The van der Waals surface area contributed by atoms with E-state index in [9.17, 15) is 0 Å². The third kappa shape index (κ3) is 5.98. The second-order valence-electron chi connectivity index (χ2n) is 3.91. The molecule has 0 fully saturated rings. The fourth-order valence-corrected chi connectivity index (χ4v) is 2.13. The molecule has 0 radical (unpaired) electrons. The molecule has 1 aromatic heterocycles. The lowest BCUT2D eigenvalue weighted by atomic mass is 10.4. The second-order valence-corrected chi connectivity index (χ2v) is 5.13. The van der Waals surface area contributed by atoms with Crippen LogP contribution in [0, 0.1) is 0 Å². The van der Waals surface area contributed by atoms with Crippen molar-refractivity contribution in [1.82, 2.24) is 9.97 Å². The first-order valence-corrected chi connectivity index (χ1v) is 7.60. The lowest BCUT2D eigenvalue weighted by Gasteiger charge is -2.11. The smallest absolute Gasteiger partial charge is 0.242 e. The van der Waals surface area contributed by atoms with E-state index >= 15 is 0 Å². The van der Waals surface area contributed by atoms with Crippen molar-refractivity contribution >= 4 is 23.3 Å². The van der Waals surface area contributed by atoms with E-state index in [1.54, 1.807) is 11.8 Å². The highest BCUT2D eigenvalue weighted by atomic mass is 32.2. The molecule has 4 N–H and O–H groups in total. The number of aromatic nitrogens is 2. The monoisotopic (exact) mass is 286 g/mol. The minimum Gasteiger partial charge on any atom is -0.476 e. The van der Waals surface area contributed by atoms with Crippen LogP contribution in [0.3, 0.4) is 0 Å². The largest absolute Gasteiger partial charge is 0.476 e. The Labute approximate surface area is 118 Å². The van der Waals surface area contributed by atoms with E-state index in [4.69, 9.17) is 15.6 Å². The number of rotatable bonds is 10. The van der Waals surface area contributed by atoms with Gasteiger partial charge in [-0.15, -0.1) is 0 Å². The van der Waals surface area contributed by atoms with Gasteiger partial charge in [0.25, 0.3) is 0 Å². The molecule has 1 aromatic rings. The Balaban J connectivity index is 2.36. The van der Waals surface area contributed by atoms with Gasteiger partial charge >= 0.3 is 0 Å². The molecule has 1 heterocycles. The number of ether oxygens (including phenoxy) is 1. The summed E-state index contributed by atoms with van der Waals surface area (Å²) in [5, 5.41) is 11.8. The van der Waals surface area contributed by atoms with Crippen LogP contribution in [0.5, 0.6) is 5.88 Å². The van der Waals surface area contributed by atoms with Gasteiger partial charge in [0.05, 0.1) is 6.61 Å². The standard InChI is InChI=1S/C12H22N4O2S/c1-2-6-18-12-10(13)11(15-9-16-12)14-4-8-19-7-3-5-17/h9,17H,2-8,13H2,1H3,(H,14,15,16). The van der Waals surface area contributed by atoms with Crippen molar-refractivity contribution in [3.63, 3.8) is 0 Å². The van der Waals surface area contributed by atoms with Crippen LogP contribution in [0.2, 0.25) is 0 Å².